The Morgan fingerprint density at radius 2 is 2.00 bits per heavy atom. The Balaban J connectivity index is 1.93. The predicted octanol–water partition coefficient (Wildman–Crippen LogP) is 2.73. The normalized spacial score (nSPS) is 28.9. The van der Waals surface area contributed by atoms with E-state index in [1.54, 1.807) is 26.8 Å². The molecule has 3 rings (SSSR count). The van der Waals surface area contributed by atoms with Crippen LogP contribution in [0.5, 0.6) is 0 Å². The highest BCUT2D eigenvalue weighted by molar-refractivity contribution is 5.71. The van der Waals surface area contributed by atoms with Gasteiger partial charge in [-0.25, -0.2) is 13.6 Å². The van der Waals surface area contributed by atoms with Crippen molar-refractivity contribution >= 4 is 6.09 Å². The van der Waals surface area contributed by atoms with E-state index in [9.17, 15) is 18.7 Å². The molecule has 2 fully saturated rings. The number of hydrogen-bond donors (Lipinski definition) is 1. The van der Waals surface area contributed by atoms with Gasteiger partial charge in [0.15, 0.2) is 6.10 Å². The number of nitriles is 1. The summed E-state index contributed by atoms with van der Waals surface area (Å²) in [5.74, 6) is -1.62. The van der Waals surface area contributed by atoms with Crippen molar-refractivity contribution in [2.45, 2.75) is 50.4 Å². The van der Waals surface area contributed by atoms with E-state index in [4.69, 9.17) is 10.00 Å². The highest BCUT2D eigenvalue weighted by Crippen LogP contribution is 2.62. The highest BCUT2D eigenvalue weighted by atomic mass is 19.1. The van der Waals surface area contributed by atoms with Crippen molar-refractivity contribution in [1.82, 2.24) is 4.90 Å². The first-order chi connectivity index (χ1) is 11.6. The van der Waals surface area contributed by atoms with Gasteiger partial charge >= 0.3 is 6.09 Å². The van der Waals surface area contributed by atoms with Gasteiger partial charge in [-0.2, -0.15) is 5.26 Å². The summed E-state index contributed by atoms with van der Waals surface area (Å²) < 4.78 is 32.6. The number of hydrogen-bond acceptors (Lipinski definition) is 4. The largest absolute Gasteiger partial charge is 0.444 e. The lowest BCUT2D eigenvalue weighted by Gasteiger charge is -2.31. The summed E-state index contributed by atoms with van der Waals surface area (Å²) >= 11 is 0. The Morgan fingerprint density at radius 1 is 1.40 bits per heavy atom. The molecule has 5 nitrogen and oxygen atoms in total. The summed E-state index contributed by atoms with van der Waals surface area (Å²) in [6, 6.07) is 4.29. The monoisotopic (exact) mass is 350 g/mol. The maximum atomic E-state index is 13.6. The molecule has 1 saturated heterocycles. The zero-order valence-corrected chi connectivity index (χ0v) is 14.3. The molecule has 3 unspecified atom stereocenters. The summed E-state index contributed by atoms with van der Waals surface area (Å²) in [4.78, 5) is 13.8. The van der Waals surface area contributed by atoms with Crippen molar-refractivity contribution in [3.63, 3.8) is 0 Å². The summed E-state index contributed by atoms with van der Waals surface area (Å²) in [5.41, 5.74) is -0.942. The third-order valence-corrected chi connectivity index (χ3v) is 4.88. The number of halogens is 2. The molecule has 2 aliphatic rings. The highest BCUT2D eigenvalue weighted by Gasteiger charge is 2.68. The average molecular weight is 350 g/mol. The quantitative estimate of drug-likeness (QED) is 0.833. The molecule has 4 atom stereocenters. The van der Waals surface area contributed by atoms with Crippen molar-refractivity contribution in [3.8, 4) is 6.07 Å². The number of aliphatic hydroxyl groups excluding tert-OH is 1. The Hall–Kier alpha value is -2.20. The fourth-order valence-electron chi connectivity index (χ4n) is 3.83. The standard InChI is InChI=1S/C18H20F2N2O3/c1-17(2,3)25-16(24)22-9-18(7-13(18)15(22)14(23)8-21)10-4-11(19)6-12(20)5-10/h4-6,13-15,23H,7,9H2,1-3H3/t13?,14?,15?,18-/m1/s1. The van der Waals surface area contributed by atoms with Crippen LogP contribution in [0, 0.1) is 28.9 Å². The van der Waals surface area contributed by atoms with E-state index in [0.717, 1.165) is 6.07 Å². The van der Waals surface area contributed by atoms with Crippen LogP contribution in [0.3, 0.4) is 0 Å². The van der Waals surface area contributed by atoms with E-state index < -0.39 is 40.9 Å². The lowest BCUT2D eigenvalue weighted by atomic mass is 9.93. The van der Waals surface area contributed by atoms with Crippen molar-refractivity contribution < 1.29 is 23.4 Å². The van der Waals surface area contributed by atoms with Gasteiger partial charge in [0.25, 0.3) is 0 Å². The number of rotatable bonds is 2. The first kappa shape index (κ1) is 17.6. The Morgan fingerprint density at radius 3 is 2.52 bits per heavy atom. The first-order valence-electron chi connectivity index (χ1n) is 8.11. The van der Waals surface area contributed by atoms with Crippen LogP contribution in [0.15, 0.2) is 18.2 Å². The van der Waals surface area contributed by atoms with Gasteiger partial charge < -0.3 is 14.7 Å². The number of piperidine rings is 1. The predicted molar refractivity (Wildman–Crippen MR) is 84.5 cm³/mol. The van der Waals surface area contributed by atoms with Gasteiger partial charge in [0.05, 0.1) is 12.1 Å². The maximum absolute atomic E-state index is 13.6. The molecule has 0 aromatic heterocycles. The fourth-order valence-corrected chi connectivity index (χ4v) is 3.83. The molecule has 0 bridgehead atoms. The molecule has 1 aromatic rings. The van der Waals surface area contributed by atoms with Gasteiger partial charge in [0, 0.05) is 18.0 Å². The van der Waals surface area contributed by atoms with E-state index in [1.807, 2.05) is 0 Å². The van der Waals surface area contributed by atoms with Crippen LogP contribution in [0.2, 0.25) is 0 Å². The van der Waals surface area contributed by atoms with Crippen LogP contribution in [0.1, 0.15) is 32.8 Å². The molecule has 0 radical (unpaired) electrons. The van der Waals surface area contributed by atoms with Crippen molar-refractivity contribution in [3.05, 3.63) is 35.4 Å². The number of carbonyl (C=O) groups is 1. The second-order valence-electron chi connectivity index (χ2n) is 7.80. The second kappa shape index (κ2) is 5.67. The lowest BCUT2D eigenvalue weighted by Crippen LogP contribution is -2.47. The SMILES string of the molecule is CC(C)(C)OC(=O)N1C[C@@]2(c3cc(F)cc(F)c3)CC2C1C(O)C#N. The van der Waals surface area contributed by atoms with Crippen molar-refractivity contribution in [2.75, 3.05) is 6.54 Å². The molecule has 1 N–H and O–H groups in total. The van der Waals surface area contributed by atoms with Gasteiger partial charge in [-0.3, -0.25) is 0 Å². The molecule has 1 aliphatic carbocycles. The van der Waals surface area contributed by atoms with Gasteiger partial charge in [-0.15, -0.1) is 0 Å². The smallest absolute Gasteiger partial charge is 0.410 e. The molecular weight excluding hydrogens is 330 g/mol. The number of aliphatic hydroxyl groups is 1. The Bertz CT molecular complexity index is 735. The van der Waals surface area contributed by atoms with Crippen LogP contribution in [0.25, 0.3) is 0 Å². The third-order valence-electron chi connectivity index (χ3n) is 4.88. The molecule has 1 amide bonds. The molecule has 134 valence electrons. The summed E-state index contributed by atoms with van der Waals surface area (Å²) in [5, 5.41) is 19.2. The Kier molecular flexibility index (Phi) is 3.99. The fraction of sp³-hybridized carbons (Fsp3) is 0.556. The number of fused-ring (bicyclic) bond motifs is 1. The van der Waals surface area contributed by atoms with Crippen molar-refractivity contribution in [2.24, 2.45) is 5.92 Å². The van der Waals surface area contributed by atoms with Gasteiger partial charge in [0.2, 0.25) is 0 Å². The van der Waals surface area contributed by atoms with E-state index >= 15 is 0 Å². The molecule has 1 aliphatic heterocycles. The summed E-state index contributed by atoms with van der Waals surface area (Å²) in [6.07, 6.45) is -1.48. The minimum atomic E-state index is -1.39. The molecule has 1 saturated carbocycles. The first-order valence-corrected chi connectivity index (χ1v) is 8.11. The van der Waals surface area contributed by atoms with Crippen LogP contribution in [0.4, 0.5) is 13.6 Å². The molecule has 1 aromatic carbocycles. The summed E-state index contributed by atoms with van der Waals surface area (Å²) in [7, 11) is 0. The van der Waals surface area contributed by atoms with Crippen molar-refractivity contribution in [1.29, 1.82) is 5.26 Å². The van der Waals surface area contributed by atoms with Crippen LogP contribution in [-0.4, -0.2) is 40.4 Å². The van der Waals surface area contributed by atoms with Gasteiger partial charge in [0.1, 0.15) is 17.2 Å². The average Bonchev–Trinajstić information content (AvgIpc) is 3.10. The zero-order valence-electron chi connectivity index (χ0n) is 14.3. The lowest BCUT2D eigenvalue weighted by molar-refractivity contribution is 0.00669. The molecule has 25 heavy (non-hydrogen) atoms. The number of benzene rings is 1. The number of likely N-dealkylation sites (tertiary alicyclic amines) is 1. The second-order valence-corrected chi connectivity index (χ2v) is 7.80. The number of nitrogens with zero attached hydrogens (tertiary/aromatic N) is 2. The third kappa shape index (κ3) is 3.07. The summed E-state index contributed by atoms with van der Waals surface area (Å²) in [6.45, 7) is 5.30. The Labute approximate surface area is 144 Å². The molecule has 7 heteroatoms. The maximum Gasteiger partial charge on any atom is 0.410 e. The van der Waals surface area contributed by atoms with Crippen LogP contribution >= 0.6 is 0 Å². The van der Waals surface area contributed by atoms with E-state index in [0.29, 0.717) is 12.0 Å². The van der Waals surface area contributed by atoms with Gasteiger partial charge in [-0.05, 0) is 50.8 Å². The van der Waals surface area contributed by atoms with E-state index in [1.165, 1.54) is 17.0 Å². The van der Waals surface area contributed by atoms with Crippen LogP contribution < -0.4 is 0 Å². The minimum Gasteiger partial charge on any atom is -0.444 e. The minimum absolute atomic E-state index is 0.152. The topological polar surface area (TPSA) is 73.6 Å². The zero-order chi connectivity index (χ0) is 18.6. The number of amides is 1. The molecule has 0 spiro atoms. The molecule has 1 heterocycles. The van der Waals surface area contributed by atoms with E-state index in [2.05, 4.69) is 0 Å². The van der Waals surface area contributed by atoms with Gasteiger partial charge in [-0.1, -0.05) is 0 Å². The van der Waals surface area contributed by atoms with Crippen LogP contribution in [-0.2, 0) is 10.2 Å². The number of carbonyl (C=O) groups excluding carboxylic acids is 1. The van der Waals surface area contributed by atoms with E-state index in [-0.39, 0.29) is 12.5 Å². The number of ether oxygens (including phenoxy) is 1. The molecular formula is C18H20F2N2O3.